The molecule has 0 aliphatic heterocycles. The Balaban J connectivity index is 1.46. The Hall–Kier alpha value is -4.00. The van der Waals surface area contributed by atoms with Gasteiger partial charge in [0.1, 0.15) is 0 Å². The average molecular weight is 410 g/mol. The number of H-pyrrole nitrogens is 1. The van der Waals surface area contributed by atoms with Crippen molar-refractivity contribution in [2.75, 3.05) is 6.61 Å². The number of imidazole rings is 1. The highest BCUT2D eigenvalue weighted by atomic mass is 16.5. The summed E-state index contributed by atoms with van der Waals surface area (Å²) in [7, 11) is 0. The Morgan fingerprint density at radius 2 is 1.68 bits per heavy atom. The van der Waals surface area contributed by atoms with E-state index in [0.29, 0.717) is 25.0 Å². The number of fused-ring (bicyclic) bond motifs is 1. The molecule has 0 radical (unpaired) electrons. The maximum Gasteiger partial charge on any atom is 0.297 e. The Morgan fingerprint density at radius 3 is 2.45 bits per heavy atom. The van der Waals surface area contributed by atoms with Gasteiger partial charge in [-0.1, -0.05) is 67.6 Å². The lowest BCUT2D eigenvalue weighted by atomic mass is 9.98. The molecular weight excluding hydrogens is 388 g/mol. The Labute approximate surface area is 179 Å². The number of para-hydroxylation sites is 2. The van der Waals surface area contributed by atoms with Gasteiger partial charge in [-0.15, -0.1) is 5.10 Å². The van der Waals surface area contributed by atoms with Crippen LogP contribution >= 0.6 is 0 Å². The molecule has 7 nitrogen and oxygen atoms in total. The molecule has 0 bridgehead atoms. The number of aromatic nitrogens is 6. The van der Waals surface area contributed by atoms with Crippen LogP contribution in [0, 0.1) is 0 Å². The van der Waals surface area contributed by atoms with Gasteiger partial charge in [-0.05, 0) is 45.7 Å². The molecule has 7 heteroatoms. The van der Waals surface area contributed by atoms with Crippen molar-refractivity contribution in [3.05, 3.63) is 78.4 Å². The van der Waals surface area contributed by atoms with E-state index in [4.69, 9.17) is 4.74 Å². The van der Waals surface area contributed by atoms with Gasteiger partial charge in [-0.25, -0.2) is 5.10 Å². The topological polar surface area (TPSA) is 81.5 Å². The standard InChI is InChI=1S/C24H22N6O/c1-2-15-31-24-25-21-9-5-6-10-22(21)30(24)16-17-11-13-18(14-12-17)19-7-3-4-8-20(19)23-26-28-29-27-23/h3-14H,2,15-16H2,1H3,(H,26,27,28,29). The number of hydrogen-bond acceptors (Lipinski definition) is 5. The third-order valence-corrected chi connectivity index (χ3v) is 5.19. The van der Waals surface area contributed by atoms with E-state index in [-0.39, 0.29) is 0 Å². The van der Waals surface area contributed by atoms with E-state index >= 15 is 0 Å². The van der Waals surface area contributed by atoms with Gasteiger partial charge in [0.15, 0.2) is 5.82 Å². The predicted octanol–water partition coefficient (Wildman–Crippen LogP) is 4.72. The second kappa shape index (κ2) is 8.39. The zero-order valence-electron chi connectivity index (χ0n) is 17.2. The molecule has 0 spiro atoms. The lowest BCUT2D eigenvalue weighted by Gasteiger charge is -2.11. The summed E-state index contributed by atoms with van der Waals surface area (Å²) in [5.41, 5.74) is 6.34. The molecule has 5 aromatic rings. The number of aromatic amines is 1. The van der Waals surface area contributed by atoms with Crippen LogP contribution in [0.15, 0.2) is 72.8 Å². The smallest absolute Gasteiger partial charge is 0.297 e. The fourth-order valence-electron chi connectivity index (χ4n) is 3.70. The van der Waals surface area contributed by atoms with E-state index in [0.717, 1.165) is 34.1 Å². The Morgan fingerprint density at radius 1 is 0.903 bits per heavy atom. The molecule has 0 saturated heterocycles. The first kappa shape index (κ1) is 19.0. The predicted molar refractivity (Wildman–Crippen MR) is 120 cm³/mol. The molecule has 0 fully saturated rings. The summed E-state index contributed by atoms with van der Waals surface area (Å²) in [5, 5.41) is 14.3. The fraction of sp³-hybridized carbons (Fsp3) is 0.167. The minimum atomic E-state index is 0.648. The van der Waals surface area contributed by atoms with Gasteiger partial charge >= 0.3 is 0 Å². The number of ether oxygens (including phenoxy) is 1. The fourth-order valence-corrected chi connectivity index (χ4v) is 3.70. The summed E-state index contributed by atoms with van der Waals surface area (Å²) in [4.78, 5) is 4.67. The van der Waals surface area contributed by atoms with Crippen LogP contribution in [0.2, 0.25) is 0 Å². The molecule has 2 heterocycles. The molecule has 0 unspecified atom stereocenters. The first-order chi connectivity index (χ1) is 15.3. The van der Waals surface area contributed by atoms with E-state index in [1.807, 2.05) is 36.4 Å². The van der Waals surface area contributed by atoms with Crippen LogP contribution in [0.4, 0.5) is 0 Å². The van der Waals surface area contributed by atoms with Crippen molar-refractivity contribution < 1.29 is 4.74 Å². The molecule has 154 valence electrons. The highest BCUT2D eigenvalue weighted by molar-refractivity contribution is 5.80. The van der Waals surface area contributed by atoms with Crippen LogP contribution in [0.5, 0.6) is 6.01 Å². The highest BCUT2D eigenvalue weighted by Crippen LogP contribution is 2.30. The lowest BCUT2D eigenvalue weighted by Crippen LogP contribution is -2.06. The van der Waals surface area contributed by atoms with Gasteiger partial charge in [-0.2, -0.15) is 4.98 Å². The maximum atomic E-state index is 5.92. The second-order valence-electron chi connectivity index (χ2n) is 7.31. The third kappa shape index (κ3) is 3.77. The molecule has 0 atom stereocenters. The van der Waals surface area contributed by atoms with Crippen LogP contribution in [-0.2, 0) is 6.54 Å². The molecule has 31 heavy (non-hydrogen) atoms. The monoisotopic (exact) mass is 410 g/mol. The van der Waals surface area contributed by atoms with Crippen LogP contribution in [0.1, 0.15) is 18.9 Å². The molecule has 0 saturated carbocycles. The van der Waals surface area contributed by atoms with E-state index in [1.165, 1.54) is 5.56 Å². The van der Waals surface area contributed by atoms with Gasteiger partial charge in [0.2, 0.25) is 0 Å². The van der Waals surface area contributed by atoms with Crippen LogP contribution in [-0.4, -0.2) is 36.8 Å². The summed E-state index contributed by atoms with van der Waals surface area (Å²) in [6, 6.07) is 25.4. The molecule has 1 N–H and O–H groups in total. The van der Waals surface area contributed by atoms with Gasteiger partial charge < -0.3 is 4.74 Å². The molecule has 5 rings (SSSR count). The minimum absolute atomic E-state index is 0.648. The molecular formula is C24H22N6O. The van der Waals surface area contributed by atoms with Gasteiger partial charge in [0.25, 0.3) is 6.01 Å². The molecule has 0 amide bonds. The van der Waals surface area contributed by atoms with E-state index in [1.54, 1.807) is 0 Å². The largest absolute Gasteiger partial charge is 0.465 e. The second-order valence-corrected chi connectivity index (χ2v) is 7.31. The normalized spacial score (nSPS) is 11.1. The first-order valence-corrected chi connectivity index (χ1v) is 10.3. The number of nitrogens with zero attached hydrogens (tertiary/aromatic N) is 5. The number of benzene rings is 3. The maximum absolute atomic E-state index is 5.92. The molecule has 2 aromatic heterocycles. The van der Waals surface area contributed by atoms with Crippen molar-refractivity contribution in [1.29, 1.82) is 0 Å². The SMILES string of the molecule is CCCOc1nc2ccccc2n1Cc1ccc(-c2ccccc2-c2nnn[nH]2)cc1. The molecule has 3 aromatic carbocycles. The van der Waals surface area contributed by atoms with E-state index in [9.17, 15) is 0 Å². The van der Waals surface area contributed by atoms with Crippen LogP contribution < -0.4 is 4.74 Å². The molecule has 0 aliphatic rings. The zero-order valence-corrected chi connectivity index (χ0v) is 17.2. The van der Waals surface area contributed by atoms with Crippen LogP contribution in [0.25, 0.3) is 33.5 Å². The van der Waals surface area contributed by atoms with Crippen molar-refractivity contribution in [2.24, 2.45) is 0 Å². The number of nitrogens with one attached hydrogen (secondary N) is 1. The first-order valence-electron chi connectivity index (χ1n) is 10.3. The summed E-state index contributed by atoms with van der Waals surface area (Å²) in [5.74, 6) is 0.655. The third-order valence-electron chi connectivity index (χ3n) is 5.19. The van der Waals surface area contributed by atoms with E-state index in [2.05, 4.69) is 73.5 Å². The van der Waals surface area contributed by atoms with Gasteiger partial charge in [0.05, 0.1) is 24.2 Å². The van der Waals surface area contributed by atoms with Crippen molar-refractivity contribution in [1.82, 2.24) is 30.2 Å². The van der Waals surface area contributed by atoms with E-state index < -0.39 is 0 Å². The number of tetrazole rings is 1. The summed E-state index contributed by atoms with van der Waals surface area (Å²) < 4.78 is 8.06. The number of rotatable bonds is 7. The number of hydrogen-bond donors (Lipinski definition) is 1. The minimum Gasteiger partial charge on any atom is -0.465 e. The Bertz CT molecular complexity index is 1290. The quantitative estimate of drug-likeness (QED) is 0.420. The van der Waals surface area contributed by atoms with Crippen LogP contribution in [0.3, 0.4) is 0 Å². The zero-order chi connectivity index (χ0) is 21.0. The van der Waals surface area contributed by atoms with Crippen molar-refractivity contribution in [3.63, 3.8) is 0 Å². The average Bonchev–Trinajstić information content (AvgIpc) is 3.47. The Kier molecular flexibility index (Phi) is 5.14. The van der Waals surface area contributed by atoms with Crippen molar-refractivity contribution in [2.45, 2.75) is 19.9 Å². The summed E-state index contributed by atoms with van der Waals surface area (Å²) in [6.45, 7) is 3.43. The summed E-state index contributed by atoms with van der Waals surface area (Å²) in [6.07, 6.45) is 0.942. The van der Waals surface area contributed by atoms with Crippen molar-refractivity contribution >= 4 is 11.0 Å². The van der Waals surface area contributed by atoms with Gasteiger partial charge in [0, 0.05) is 5.56 Å². The lowest BCUT2D eigenvalue weighted by molar-refractivity contribution is 0.282. The highest BCUT2D eigenvalue weighted by Gasteiger charge is 2.13. The summed E-state index contributed by atoms with van der Waals surface area (Å²) >= 11 is 0. The van der Waals surface area contributed by atoms with Gasteiger partial charge in [-0.3, -0.25) is 4.57 Å². The molecule has 0 aliphatic carbocycles. The van der Waals surface area contributed by atoms with Crippen molar-refractivity contribution in [3.8, 4) is 28.5 Å².